The Morgan fingerprint density at radius 2 is 1.79 bits per heavy atom. The van der Waals surface area contributed by atoms with Gasteiger partial charge in [0, 0.05) is 4.47 Å². The number of nitrogens with one attached hydrogen (secondary N) is 1. The van der Waals surface area contributed by atoms with Gasteiger partial charge in [-0.2, -0.15) is 5.10 Å². The van der Waals surface area contributed by atoms with E-state index in [1.54, 1.807) is 37.6 Å². The van der Waals surface area contributed by atoms with Gasteiger partial charge in [-0.25, -0.2) is 5.43 Å². The largest absolute Gasteiger partial charge is 0.493 e. The van der Waals surface area contributed by atoms with Gasteiger partial charge in [-0.05, 0) is 57.4 Å². The van der Waals surface area contributed by atoms with E-state index >= 15 is 0 Å². The summed E-state index contributed by atoms with van der Waals surface area (Å²) < 4.78 is 12.0. The summed E-state index contributed by atoms with van der Waals surface area (Å²) in [5.74, 6) is 0.940. The first-order valence-electron chi connectivity index (χ1n) is 8.60. The highest BCUT2D eigenvalue weighted by Crippen LogP contribution is 2.28. The second kappa shape index (κ2) is 9.71. The molecule has 0 radical (unpaired) electrons. The number of ether oxygens (including phenoxy) is 2. The van der Waals surface area contributed by atoms with Gasteiger partial charge in [-0.1, -0.05) is 42.5 Å². The molecule has 0 aliphatic rings. The Morgan fingerprint density at radius 3 is 2.54 bits per heavy atom. The molecule has 0 aromatic heterocycles. The summed E-state index contributed by atoms with van der Waals surface area (Å²) in [6, 6.07) is 22.5. The fourth-order valence-electron chi connectivity index (χ4n) is 2.49. The Hall–Kier alpha value is -3.12. The van der Waals surface area contributed by atoms with Crippen LogP contribution in [0.3, 0.4) is 0 Å². The van der Waals surface area contributed by atoms with Gasteiger partial charge in [0.1, 0.15) is 6.61 Å². The lowest BCUT2D eigenvalue weighted by molar-refractivity contribution is 0.0954. The predicted molar refractivity (Wildman–Crippen MR) is 113 cm³/mol. The fourth-order valence-corrected chi connectivity index (χ4v) is 2.96. The molecule has 0 atom stereocenters. The highest BCUT2D eigenvalue weighted by atomic mass is 79.9. The lowest BCUT2D eigenvalue weighted by Crippen LogP contribution is -2.18. The first-order valence-corrected chi connectivity index (χ1v) is 9.39. The van der Waals surface area contributed by atoms with Crippen LogP contribution in [0.5, 0.6) is 11.5 Å². The van der Waals surface area contributed by atoms with Gasteiger partial charge in [0.15, 0.2) is 11.5 Å². The van der Waals surface area contributed by atoms with E-state index in [0.717, 1.165) is 11.1 Å². The van der Waals surface area contributed by atoms with Crippen molar-refractivity contribution >= 4 is 28.1 Å². The van der Waals surface area contributed by atoms with E-state index in [9.17, 15) is 4.79 Å². The lowest BCUT2D eigenvalue weighted by atomic mass is 10.2. The summed E-state index contributed by atoms with van der Waals surface area (Å²) in [7, 11) is 1.59. The third-order valence-corrected chi connectivity index (χ3v) is 4.61. The molecular formula is C22H19BrN2O3. The van der Waals surface area contributed by atoms with Crippen molar-refractivity contribution in [2.24, 2.45) is 5.10 Å². The van der Waals surface area contributed by atoms with Gasteiger partial charge in [0.05, 0.1) is 18.9 Å². The van der Waals surface area contributed by atoms with Crippen LogP contribution in [-0.2, 0) is 6.61 Å². The van der Waals surface area contributed by atoms with Crippen LogP contribution >= 0.6 is 15.9 Å². The number of nitrogens with zero attached hydrogens (tertiary/aromatic N) is 1. The number of benzene rings is 3. The zero-order valence-corrected chi connectivity index (χ0v) is 16.8. The van der Waals surface area contributed by atoms with Gasteiger partial charge in [0.25, 0.3) is 5.91 Å². The fraction of sp³-hybridized carbons (Fsp3) is 0.0909. The molecule has 3 rings (SSSR count). The summed E-state index contributed by atoms with van der Waals surface area (Å²) in [5.41, 5.74) is 4.87. The minimum Gasteiger partial charge on any atom is -0.493 e. The van der Waals surface area contributed by atoms with Gasteiger partial charge < -0.3 is 9.47 Å². The summed E-state index contributed by atoms with van der Waals surface area (Å²) >= 11 is 3.35. The van der Waals surface area contributed by atoms with Crippen LogP contribution in [0.2, 0.25) is 0 Å². The molecule has 142 valence electrons. The number of carbonyl (C=O) groups is 1. The standard InChI is InChI=1S/C22H19BrN2O3/c1-27-20-12-11-17(13-21(20)28-15-16-7-3-2-4-8-16)14-24-25-22(26)18-9-5-6-10-19(18)23/h2-14H,15H2,1H3,(H,25,26)/b24-14+. The topological polar surface area (TPSA) is 59.9 Å². The van der Waals surface area contributed by atoms with Crippen LogP contribution in [0.1, 0.15) is 21.5 Å². The molecule has 1 amide bonds. The minimum atomic E-state index is -0.294. The average molecular weight is 439 g/mol. The number of rotatable bonds is 7. The summed E-state index contributed by atoms with van der Waals surface area (Å²) in [5, 5.41) is 4.03. The molecule has 0 heterocycles. The van der Waals surface area contributed by atoms with E-state index < -0.39 is 0 Å². The van der Waals surface area contributed by atoms with E-state index in [2.05, 4.69) is 26.5 Å². The van der Waals surface area contributed by atoms with Crippen molar-refractivity contribution in [1.29, 1.82) is 0 Å². The van der Waals surface area contributed by atoms with Crippen molar-refractivity contribution in [3.63, 3.8) is 0 Å². The molecule has 0 spiro atoms. The molecule has 1 N–H and O–H groups in total. The van der Waals surface area contributed by atoms with Crippen LogP contribution in [0, 0.1) is 0 Å². The van der Waals surface area contributed by atoms with E-state index in [1.165, 1.54) is 0 Å². The quantitative estimate of drug-likeness (QED) is 0.425. The molecule has 0 saturated carbocycles. The summed E-state index contributed by atoms with van der Waals surface area (Å²) in [6.45, 7) is 0.427. The molecule has 28 heavy (non-hydrogen) atoms. The van der Waals surface area contributed by atoms with Crippen LogP contribution in [0.15, 0.2) is 82.4 Å². The number of carbonyl (C=O) groups excluding carboxylic acids is 1. The van der Waals surface area contributed by atoms with Crippen molar-refractivity contribution in [1.82, 2.24) is 5.43 Å². The second-order valence-corrected chi connectivity index (χ2v) is 6.72. The lowest BCUT2D eigenvalue weighted by Gasteiger charge is -2.11. The monoisotopic (exact) mass is 438 g/mol. The highest BCUT2D eigenvalue weighted by molar-refractivity contribution is 9.10. The van der Waals surface area contributed by atoms with Crippen molar-refractivity contribution in [3.05, 3.63) is 94.0 Å². The zero-order valence-electron chi connectivity index (χ0n) is 15.3. The first-order chi connectivity index (χ1) is 13.7. The second-order valence-electron chi connectivity index (χ2n) is 5.86. The maximum absolute atomic E-state index is 12.2. The van der Waals surface area contributed by atoms with Crippen LogP contribution in [0.25, 0.3) is 0 Å². The van der Waals surface area contributed by atoms with E-state index in [4.69, 9.17) is 9.47 Å². The Balaban J connectivity index is 1.67. The number of hydrogen-bond donors (Lipinski definition) is 1. The molecule has 0 bridgehead atoms. The van der Waals surface area contributed by atoms with Gasteiger partial charge >= 0.3 is 0 Å². The Kier molecular flexibility index (Phi) is 6.81. The van der Waals surface area contributed by atoms with Crippen LogP contribution in [0.4, 0.5) is 0 Å². The maximum atomic E-state index is 12.2. The van der Waals surface area contributed by atoms with Crippen molar-refractivity contribution in [2.75, 3.05) is 7.11 Å². The number of amides is 1. The molecule has 5 nitrogen and oxygen atoms in total. The van der Waals surface area contributed by atoms with Gasteiger partial charge in [-0.15, -0.1) is 0 Å². The van der Waals surface area contributed by atoms with E-state index in [1.807, 2.05) is 48.5 Å². The van der Waals surface area contributed by atoms with Gasteiger partial charge in [-0.3, -0.25) is 4.79 Å². The number of halogens is 1. The third-order valence-electron chi connectivity index (χ3n) is 3.92. The SMILES string of the molecule is COc1ccc(/C=N/NC(=O)c2ccccc2Br)cc1OCc1ccccc1. The Morgan fingerprint density at radius 1 is 1.04 bits per heavy atom. The smallest absolute Gasteiger partial charge is 0.272 e. The normalized spacial score (nSPS) is 10.6. The molecule has 0 saturated heterocycles. The van der Waals surface area contributed by atoms with E-state index in [0.29, 0.717) is 28.1 Å². The predicted octanol–water partition coefficient (Wildman–Crippen LogP) is 4.80. The summed E-state index contributed by atoms with van der Waals surface area (Å²) in [6.07, 6.45) is 1.56. The first kappa shape index (κ1) is 19.6. The number of methoxy groups -OCH3 is 1. The average Bonchev–Trinajstić information content (AvgIpc) is 2.73. The zero-order chi connectivity index (χ0) is 19.8. The highest BCUT2D eigenvalue weighted by Gasteiger charge is 2.08. The number of hydrazone groups is 1. The maximum Gasteiger partial charge on any atom is 0.272 e. The van der Waals surface area contributed by atoms with Crippen LogP contribution in [-0.4, -0.2) is 19.2 Å². The molecule has 0 unspecified atom stereocenters. The van der Waals surface area contributed by atoms with Crippen molar-refractivity contribution < 1.29 is 14.3 Å². The summed E-state index contributed by atoms with van der Waals surface area (Å²) in [4.78, 5) is 12.2. The Labute approximate surface area is 172 Å². The molecular weight excluding hydrogens is 420 g/mol. The van der Waals surface area contributed by atoms with Crippen LogP contribution < -0.4 is 14.9 Å². The van der Waals surface area contributed by atoms with Crippen molar-refractivity contribution in [2.45, 2.75) is 6.61 Å². The third kappa shape index (κ3) is 5.20. The molecule has 0 fully saturated rings. The van der Waals surface area contributed by atoms with E-state index in [-0.39, 0.29) is 5.91 Å². The molecule has 3 aromatic carbocycles. The number of hydrogen-bond acceptors (Lipinski definition) is 4. The van der Waals surface area contributed by atoms with Crippen molar-refractivity contribution in [3.8, 4) is 11.5 Å². The minimum absolute atomic E-state index is 0.294. The molecule has 0 aliphatic carbocycles. The Bertz CT molecular complexity index is 975. The molecule has 3 aromatic rings. The molecule has 6 heteroatoms. The van der Waals surface area contributed by atoms with Gasteiger partial charge in [0.2, 0.25) is 0 Å². The molecule has 0 aliphatic heterocycles.